The fourth-order valence-electron chi connectivity index (χ4n) is 4.53. The second kappa shape index (κ2) is 7.10. The van der Waals surface area contributed by atoms with Crippen LogP contribution in [0.5, 0.6) is 0 Å². The van der Waals surface area contributed by atoms with Crippen molar-refractivity contribution in [3.8, 4) is 0 Å². The molecule has 0 N–H and O–H groups in total. The van der Waals surface area contributed by atoms with Crippen LogP contribution in [0.15, 0.2) is 5.51 Å². The number of hydrogen-bond acceptors (Lipinski definition) is 5. The van der Waals surface area contributed by atoms with Crippen LogP contribution < -0.4 is 0 Å². The first-order valence-electron chi connectivity index (χ1n) is 9.17. The van der Waals surface area contributed by atoms with E-state index in [1.807, 2.05) is 5.51 Å². The molecule has 1 aromatic heterocycles. The average molecular weight is 350 g/mol. The van der Waals surface area contributed by atoms with Gasteiger partial charge in [0.1, 0.15) is 0 Å². The maximum absolute atomic E-state index is 12.5. The van der Waals surface area contributed by atoms with E-state index in [4.69, 9.17) is 4.74 Å². The summed E-state index contributed by atoms with van der Waals surface area (Å²) in [6.45, 7) is 8.81. The molecule has 3 fully saturated rings. The van der Waals surface area contributed by atoms with Crippen molar-refractivity contribution in [3.05, 3.63) is 16.1 Å². The Bertz CT molecular complexity index is 585. The number of ether oxygens (including phenoxy) is 1. The molecule has 3 atom stereocenters. The van der Waals surface area contributed by atoms with Crippen LogP contribution >= 0.6 is 11.3 Å². The number of carbonyl (C=O) groups excluding carboxylic acids is 1. The molecule has 3 aliphatic heterocycles. The van der Waals surface area contributed by atoms with E-state index in [1.165, 1.54) is 17.7 Å². The van der Waals surface area contributed by atoms with Crippen LogP contribution in [0.2, 0.25) is 0 Å². The van der Waals surface area contributed by atoms with E-state index in [2.05, 4.69) is 21.7 Å². The lowest BCUT2D eigenvalue weighted by Gasteiger charge is -2.33. The molecule has 5 nitrogen and oxygen atoms in total. The molecule has 1 amide bonds. The summed E-state index contributed by atoms with van der Waals surface area (Å²) in [5, 5.41) is 0. The summed E-state index contributed by atoms with van der Waals surface area (Å²) in [6.07, 6.45) is 3.01. The molecule has 6 heteroatoms. The predicted molar refractivity (Wildman–Crippen MR) is 93.8 cm³/mol. The lowest BCUT2D eigenvalue weighted by Crippen LogP contribution is -2.39. The van der Waals surface area contributed by atoms with Crippen LogP contribution in [0, 0.1) is 24.7 Å². The van der Waals surface area contributed by atoms with E-state index in [0.29, 0.717) is 30.1 Å². The maximum atomic E-state index is 12.5. The Kier molecular flexibility index (Phi) is 4.88. The maximum Gasteiger partial charge on any atom is 0.222 e. The van der Waals surface area contributed by atoms with E-state index in [-0.39, 0.29) is 0 Å². The van der Waals surface area contributed by atoms with E-state index < -0.39 is 0 Å². The number of thiazole rings is 1. The summed E-state index contributed by atoms with van der Waals surface area (Å²) in [6, 6.07) is 0. The lowest BCUT2D eigenvalue weighted by molar-refractivity contribution is -0.133. The summed E-state index contributed by atoms with van der Waals surface area (Å²) in [4.78, 5) is 22.9. The predicted octanol–water partition coefficient (Wildman–Crippen LogP) is 2.16. The van der Waals surface area contributed by atoms with Crippen molar-refractivity contribution >= 4 is 17.2 Å². The van der Waals surface area contributed by atoms with Gasteiger partial charge in [-0.25, -0.2) is 4.98 Å². The van der Waals surface area contributed by atoms with Crippen molar-refractivity contribution in [3.63, 3.8) is 0 Å². The number of nitrogens with zero attached hydrogens (tertiary/aromatic N) is 3. The SMILES string of the molecule is Cc1ncsc1CN1C[C@@H]2COC[C@@H](CC(=O)N3CCCC3)[C@@H]2C1. The molecule has 0 aliphatic carbocycles. The molecule has 0 spiro atoms. The summed E-state index contributed by atoms with van der Waals surface area (Å²) in [5.74, 6) is 1.93. The van der Waals surface area contributed by atoms with Crippen molar-refractivity contribution in [2.45, 2.75) is 32.7 Å². The Morgan fingerprint density at radius 3 is 2.92 bits per heavy atom. The van der Waals surface area contributed by atoms with E-state index in [1.54, 1.807) is 11.3 Å². The molecule has 3 aliphatic rings. The minimum Gasteiger partial charge on any atom is -0.381 e. The number of hydrogen-bond donors (Lipinski definition) is 0. The first-order chi connectivity index (χ1) is 11.7. The van der Waals surface area contributed by atoms with E-state index in [9.17, 15) is 4.79 Å². The third kappa shape index (κ3) is 3.37. The van der Waals surface area contributed by atoms with E-state index >= 15 is 0 Å². The Labute approximate surface area is 148 Å². The van der Waals surface area contributed by atoms with Gasteiger partial charge in [0.05, 0.1) is 24.4 Å². The normalized spacial score (nSPS) is 30.7. The number of likely N-dealkylation sites (tertiary alicyclic amines) is 2. The second-order valence-corrected chi connectivity index (χ2v) is 8.51. The van der Waals surface area contributed by atoms with Gasteiger partial charge in [0.15, 0.2) is 0 Å². The van der Waals surface area contributed by atoms with Gasteiger partial charge >= 0.3 is 0 Å². The largest absolute Gasteiger partial charge is 0.381 e. The number of aryl methyl sites for hydroxylation is 1. The molecule has 3 saturated heterocycles. The van der Waals surface area contributed by atoms with Gasteiger partial charge in [-0.2, -0.15) is 0 Å². The van der Waals surface area contributed by atoms with Gasteiger partial charge in [0.2, 0.25) is 5.91 Å². The quantitative estimate of drug-likeness (QED) is 0.836. The lowest BCUT2D eigenvalue weighted by atomic mass is 9.81. The standard InChI is InChI=1S/C18H27N3O2S/c1-13-17(24-12-19-13)9-20-7-15-11-23-10-14(16(15)8-20)6-18(22)21-4-2-3-5-21/h12,14-16H,2-11H2,1H3/t14-,15-,16+/m1/s1. The highest BCUT2D eigenvalue weighted by molar-refractivity contribution is 7.09. The highest BCUT2D eigenvalue weighted by Gasteiger charge is 2.42. The topological polar surface area (TPSA) is 45.7 Å². The molecule has 0 unspecified atom stereocenters. The first-order valence-corrected chi connectivity index (χ1v) is 10.1. The van der Waals surface area contributed by atoms with Crippen LogP contribution in [-0.4, -0.2) is 60.1 Å². The highest BCUT2D eigenvalue weighted by atomic mass is 32.1. The summed E-state index contributed by atoms with van der Waals surface area (Å²) >= 11 is 1.75. The van der Waals surface area contributed by atoms with Gasteiger partial charge in [-0.1, -0.05) is 0 Å². The van der Waals surface area contributed by atoms with Crippen molar-refractivity contribution in [1.82, 2.24) is 14.8 Å². The molecular formula is C18H27N3O2S. The molecule has 0 aromatic carbocycles. The highest BCUT2D eigenvalue weighted by Crippen LogP contribution is 2.37. The molecule has 4 rings (SSSR count). The fourth-order valence-corrected chi connectivity index (χ4v) is 5.35. The molecule has 0 bridgehead atoms. The van der Waals surface area contributed by atoms with Crippen LogP contribution in [0.4, 0.5) is 0 Å². The minimum atomic E-state index is 0.346. The Hall–Kier alpha value is -0.980. The zero-order valence-electron chi connectivity index (χ0n) is 14.4. The van der Waals surface area contributed by atoms with Crippen LogP contribution in [0.25, 0.3) is 0 Å². The van der Waals surface area contributed by atoms with Gasteiger partial charge in [-0.3, -0.25) is 9.69 Å². The summed E-state index contributed by atoms with van der Waals surface area (Å²) < 4.78 is 5.86. The molecule has 0 saturated carbocycles. The van der Waals surface area contributed by atoms with Crippen molar-refractivity contribution in [2.24, 2.45) is 17.8 Å². The van der Waals surface area contributed by atoms with Crippen molar-refractivity contribution in [2.75, 3.05) is 39.4 Å². The van der Waals surface area contributed by atoms with Crippen LogP contribution in [0.1, 0.15) is 29.8 Å². The van der Waals surface area contributed by atoms with Gasteiger partial charge in [-0.05, 0) is 37.5 Å². The summed E-state index contributed by atoms with van der Waals surface area (Å²) in [7, 11) is 0. The number of fused-ring (bicyclic) bond motifs is 1. The zero-order valence-corrected chi connectivity index (χ0v) is 15.3. The molecule has 1 aromatic rings. The van der Waals surface area contributed by atoms with Crippen LogP contribution in [0.3, 0.4) is 0 Å². The monoisotopic (exact) mass is 349 g/mol. The average Bonchev–Trinajstić information content (AvgIpc) is 3.29. The minimum absolute atomic E-state index is 0.346. The zero-order chi connectivity index (χ0) is 16.5. The smallest absolute Gasteiger partial charge is 0.222 e. The molecule has 4 heterocycles. The van der Waals surface area contributed by atoms with Crippen molar-refractivity contribution in [1.29, 1.82) is 0 Å². The number of carbonyl (C=O) groups is 1. The van der Waals surface area contributed by atoms with Gasteiger partial charge < -0.3 is 9.64 Å². The fraction of sp³-hybridized carbons (Fsp3) is 0.778. The third-order valence-electron chi connectivity index (χ3n) is 5.94. The van der Waals surface area contributed by atoms with Gasteiger partial charge in [0.25, 0.3) is 0 Å². The first kappa shape index (κ1) is 16.5. The van der Waals surface area contributed by atoms with Gasteiger partial charge in [-0.15, -0.1) is 11.3 Å². The number of amides is 1. The Balaban J connectivity index is 1.37. The number of aromatic nitrogens is 1. The Morgan fingerprint density at radius 2 is 2.17 bits per heavy atom. The van der Waals surface area contributed by atoms with Gasteiger partial charge in [0, 0.05) is 44.0 Å². The molecular weight excluding hydrogens is 322 g/mol. The third-order valence-corrected chi connectivity index (χ3v) is 6.86. The van der Waals surface area contributed by atoms with Crippen LogP contribution in [-0.2, 0) is 16.1 Å². The van der Waals surface area contributed by atoms with E-state index in [0.717, 1.165) is 51.6 Å². The molecule has 132 valence electrons. The summed E-state index contributed by atoms with van der Waals surface area (Å²) in [5.41, 5.74) is 3.10. The van der Waals surface area contributed by atoms with Crippen molar-refractivity contribution < 1.29 is 9.53 Å². The Morgan fingerprint density at radius 1 is 1.33 bits per heavy atom. The molecule has 24 heavy (non-hydrogen) atoms. The second-order valence-electron chi connectivity index (χ2n) is 7.57. The number of rotatable bonds is 4. The molecule has 0 radical (unpaired) electrons.